The summed E-state index contributed by atoms with van der Waals surface area (Å²) in [4.78, 5) is 3.19. The average Bonchev–Trinajstić information content (AvgIpc) is 3.12. The molecule has 0 amide bonds. The van der Waals surface area contributed by atoms with E-state index in [2.05, 4.69) is 30.2 Å². The maximum absolute atomic E-state index is 5.72. The van der Waals surface area contributed by atoms with Crippen LogP contribution in [-0.2, 0) is 16.9 Å². The Morgan fingerprint density at radius 1 is 1.50 bits per heavy atom. The van der Waals surface area contributed by atoms with Gasteiger partial charge in [-0.05, 0) is 63.0 Å². The predicted molar refractivity (Wildman–Crippen MR) is 88.8 cm³/mol. The number of aryl methyl sites for hydroxylation is 1. The van der Waals surface area contributed by atoms with Gasteiger partial charge in [0, 0.05) is 28.2 Å². The predicted octanol–water partition coefficient (Wildman–Crippen LogP) is 4.15. The number of thiophene rings is 1. The van der Waals surface area contributed by atoms with Crippen LogP contribution >= 0.6 is 23.1 Å². The van der Waals surface area contributed by atoms with E-state index in [0.717, 1.165) is 6.61 Å². The Balaban J connectivity index is 1.54. The fourth-order valence-electron chi connectivity index (χ4n) is 3.19. The molecular formula is C16H25NOS2. The van der Waals surface area contributed by atoms with E-state index in [-0.39, 0.29) is 0 Å². The van der Waals surface area contributed by atoms with Crippen LogP contribution in [0.2, 0.25) is 0 Å². The molecule has 0 aromatic carbocycles. The van der Waals surface area contributed by atoms with Crippen molar-refractivity contribution >= 4 is 23.1 Å². The fourth-order valence-corrected chi connectivity index (χ4v) is 5.71. The summed E-state index contributed by atoms with van der Waals surface area (Å²) in [5, 5.41) is 3.52. The summed E-state index contributed by atoms with van der Waals surface area (Å²) in [6.45, 7) is 0.982. The van der Waals surface area contributed by atoms with Gasteiger partial charge in [0.1, 0.15) is 0 Å². The Hall–Kier alpha value is -0.0300. The molecule has 112 valence electrons. The number of thioether (sulfide) groups is 1. The Bertz CT molecular complexity index is 403. The van der Waals surface area contributed by atoms with Crippen molar-refractivity contribution in [3.63, 3.8) is 0 Å². The number of hydrogen-bond donors (Lipinski definition) is 1. The van der Waals surface area contributed by atoms with Crippen LogP contribution in [0.1, 0.15) is 53.5 Å². The normalized spacial score (nSPS) is 23.8. The minimum absolute atomic E-state index is 0.539. The molecule has 3 rings (SSSR count). The molecule has 4 heteroatoms. The zero-order valence-corrected chi connectivity index (χ0v) is 14.0. The lowest BCUT2D eigenvalue weighted by Crippen LogP contribution is -2.16. The number of fused-ring (bicyclic) bond motifs is 1. The van der Waals surface area contributed by atoms with Crippen molar-refractivity contribution < 1.29 is 4.74 Å². The highest BCUT2D eigenvalue weighted by atomic mass is 32.2. The second kappa shape index (κ2) is 7.30. The number of nitrogens with one attached hydrogen (secondary N) is 1. The van der Waals surface area contributed by atoms with E-state index in [1.807, 2.05) is 11.3 Å². The Labute approximate surface area is 130 Å². The van der Waals surface area contributed by atoms with Crippen LogP contribution in [0.25, 0.3) is 0 Å². The molecule has 20 heavy (non-hydrogen) atoms. The topological polar surface area (TPSA) is 21.3 Å². The maximum atomic E-state index is 5.72. The van der Waals surface area contributed by atoms with E-state index < -0.39 is 0 Å². The minimum atomic E-state index is 0.539. The van der Waals surface area contributed by atoms with Crippen LogP contribution < -0.4 is 5.32 Å². The van der Waals surface area contributed by atoms with Crippen molar-refractivity contribution in [1.29, 1.82) is 0 Å². The van der Waals surface area contributed by atoms with E-state index in [1.54, 1.807) is 15.3 Å². The molecule has 1 fully saturated rings. The molecule has 2 nitrogen and oxygen atoms in total. The van der Waals surface area contributed by atoms with Gasteiger partial charge < -0.3 is 10.1 Å². The Morgan fingerprint density at radius 2 is 2.45 bits per heavy atom. The van der Waals surface area contributed by atoms with Crippen molar-refractivity contribution in [2.24, 2.45) is 0 Å². The summed E-state index contributed by atoms with van der Waals surface area (Å²) < 4.78 is 5.72. The molecule has 0 aliphatic carbocycles. The molecule has 1 aromatic rings. The highest BCUT2D eigenvalue weighted by molar-refractivity contribution is 7.98. The van der Waals surface area contributed by atoms with Crippen molar-refractivity contribution in [2.75, 3.05) is 19.4 Å². The maximum Gasteiger partial charge on any atom is 0.0576 e. The standard InChI is InChI=1S/C16H25NOS2/c1-17-14(6-2-4-13-5-3-8-18-13)16-10-12-11-19-9-7-15(12)20-16/h10,13-14,17H,2-9,11H2,1H3. The van der Waals surface area contributed by atoms with E-state index >= 15 is 0 Å². The average molecular weight is 312 g/mol. The van der Waals surface area contributed by atoms with Gasteiger partial charge >= 0.3 is 0 Å². The van der Waals surface area contributed by atoms with Crippen molar-refractivity contribution in [3.8, 4) is 0 Å². The highest BCUT2D eigenvalue weighted by Crippen LogP contribution is 2.36. The summed E-state index contributed by atoms with van der Waals surface area (Å²) in [5.74, 6) is 2.52. The molecular weight excluding hydrogens is 286 g/mol. The summed E-state index contributed by atoms with van der Waals surface area (Å²) in [6, 6.07) is 3.00. The summed E-state index contributed by atoms with van der Waals surface area (Å²) in [5.41, 5.74) is 1.60. The molecule has 3 heterocycles. The molecule has 2 aliphatic rings. The third kappa shape index (κ3) is 3.59. The van der Waals surface area contributed by atoms with Crippen LogP contribution in [0.4, 0.5) is 0 Å². The first-order chi connectivity index (χ1) is 9.86. The van der Waals surface area contributed by atoms with Gasteiger partial charge in [-0.25, -0.2) is 0 Å². The van der Waals surface area contributed by atoms with E-state index in [9.17, 15) is 0 Å². The quantitative estimate of drug-likeness (QED) is 0.853. The summed E-state index contributed by atoms with van der Waals surface area (Å²) >= 11 is 4.12. The lowest BCUT2D eigenvalue weighted by molar-refractivity contribution is 0.101. The Morgan fingerprint density at radius 3 is 3.20 bits per heavy atom. The molecule has 1 aromatic heterocycles. The third-order valence-electron chi connectivity index (χ3n) is 4.38. The molecule has 2 unspecified atom stereocenters. The smallest absolute Gasteiger partial charge is 0.0576 e. The van der Waals surface area contributed by atoms with Gasteiger partial charge in [0.15, 0.2) is 0 Å². The minimum Gasteiger partial charge on any atom is -0.378 e. The lowest BCUT2D eigenvalue weighted by atomic mass is 10.0. The molecule has 0 spiro atoms. The van der Waals surface area contributed by atoms with Crippen LogP contribution in [-0.4, -0.2) is 25.5 Å². The Kier molecular flexibility index (Phi) is 5.43. The SMILES string of the molecule is CNC(CCCC1CCCO1)c1cc2c(s1)CCSC2. The molecule has 0 bridgehead atoms. The second-order valence-corrected chi connectivity index (χ2v) is 8.08. The van der Waals surface area contributed by atoms with E-state index in [4.69, 9.17) is 4.74 Å². The van der Waals surface area contributed by atoms with Crippen LogP contribution in [0, 0.1) is 0 Å². The number of rotatable bonds is 6. The fraction of sp³-hybridized carbons (Fsp3) is 0.750. The molecule has 0 saturated carbocycles. The van der Waals surface area contributed by atoms with Gasteiger partial charge in [0.2, 0.25) is 0 Å². The zero-order chi connectivity index (χ0) is 13.8. The van der Waals surface area contributed by atoms with Gasteiger partial charge in [0.05, 0.1) is 6.10 Å². The van der Waals surface area contributed by atoms with Crippen molar-refractivity contribution in [3.05, 3.63) is 21.4 Å². The van der Waals surface area contributed by atoms with Crippen LogP contribution in [0.15, 0.2) is 6.07 Å². The van der Waals surface area contributed by atoms with Gasteiger partial charge in [0.25, 0.3) is 0 Å². The van der Waals surface area contributed by atoms with Gasteiger partial charge in [-0.1, -0.05) is 0 Å². The van der Waals surface area contributed by atoms with Gasteiger partial charge in [-0.3, -0.25) is 0 Å². The molecule has 0 radical (unpaired) electrons. The first kappa shape index (κ1) is 14.9. The highest BCUT2D eigenvalue weighted by Gasteiger charge is 2.20. The van der Waals surface area contributed by atoms with Gasteiger partial charge in [-0.2, -0.15) is 11.8 Å². The van der Waals surface area contributed by atoms with E-state index in [0.29, 0.717) is 12.1 Å². The van der Waals surface area contributed by atoms with Crippen LogP contribution in [0.5, 0.6) is 0 Å². The molecule has 1 saturated heterocycles. The van der Waals surface area contributed by atoms with Crippen molar-refractivity contribution in [2.45, 2.75) is 56.4 Å². The van der Waals surface area contributed by atoms with Gasteiger partial charge in [-0.15, -0.1) is 11.3 Å². The van der Waals surface area contributed by atoms with Crippen LogP contribution in [0.3, 0.4) is 0 Å². The first-order valence-electron chi connectivity index (χ1n) is 7.85. The molecule has 2 atom stereocenters. The van der Waals surface area contributed by atoms with Crippen molar-refractivity contribution in [1.82, 2.24) is 5.32 Å². The molecule has 1 N–H and O–H groups in total. The molecule has 2 aliphatic heterocycles. The summed E-state index contributed by atoms with van der Waals surface area (Å²) in [7, 11) is 2.10. The lowest BCUT2D eigenvalue weighted by Gasteiger charge is -2.16. The number of hydrogen-bond acceptors (Lipinski definition) is 4. The second-order valence-electron chi connectivity index (χ2n) is 5.81. The third-order valence-corrected chi connectivity index (χ3v) is 6.74. The van der Waals surface area contributed by atoms with E-state index in [1.165, 1.54) is 50.0 Å². The summed E-state index contributed by atoms with van der Waals surface area (Å²) in [6.07, 6.45) is 8.09. The number of ether oxygens (including phenoxy) is 1. The monoisotopic (exact) mass is 311 g/mol. The first-order valence-corrected chi connectivity index (χ1v) is 9.82. The largest absolute Gasteiger partial charge is 0.378 e. The zero-order valence-electron chi connectivity index (χ0n) is 12.3.